The van der Waals surface area contributed by atoms with E-state index in [0.29, 0.717) is 11.2 Å². The minimum Gasteiger partial charge on any atom is -0.366 e. The molecular weight excluding hydrogens is 403 g/mol. The summed E-state index contributed by atoms with van der Waals surface area (Å²) >= 11 is 1.06. The van der Waals surface area contributed by atoms with E-state index in [-0.39, 0.29) is 16.4 Å². The van der Waals surface area contributed by atoms with Crippen LogP contribution in [0.15, 0.2) is 60.1 Å². The third kappa shape index (κ3) is 3.92. The van der Waals surface area contributed by atoms with Crippen LogP contribution in [0.2, 0.25) is 0 Å². The van der Waals surface area contributed by atoms with Gasteiger partial charge in [-0.3, -0.25) is 4.79 Å². The predicted molar refractivity (Wildman–Crippen MR) is 103 cm³/mol. The predicted octanol–water partition coefficient (Wildman–Crippen LogP) is 4.07. The molecule has 0 aliphatic carbocycles. The molecule has 148 valence electrons. The van der Waals surface area contributed by atoms with Gasteiger partial charge < -0.3 is 11.1 Å². The standard InChI is InChI=1S/C19H14F3N5OS/c20-19(21,22)16(11-4-2-1-3-5-11)25-17(28)14-8-13(10-29-14)12-6-7-15-24-18(23)26-27(15)9-12/h1-10,16H,(H2,23,26)(H,25,28)/t16-/m1/s1. The largest absolute Gasteiger partial charge is 0.412 e. The first-order valence-corrected chi connectivity index (χ1v) is 9.32. The molecular formula is C19H14F3N5OS. The smallest absolute Gasteiger partial charge is 0.366 e. The lowest BCUT2D eigenvalue weighted by molar-refractivity contribution is -0.155. The van der Waals surface area contributed by atoms with Crippen LogP contribution in [0, 0.1) is 0 Å². The summed E-state index contributed by atoms with van der Waals surface area (Å²) in [7, 11) is 0. The van der Waals surface area contributed by atoms with Crippen molar-refractivity contribution in [2.24, 2.45) is 0 Å². The number of nitrogens with one attached hydrogen (secondary N) is 1. The van der Waals surface area contributed by atoms with E-state index in [2.05, 4.69) is 15.4 Å². The van der Waals surface area contributed by atoms with Crippen LogP contribution in [-0.4, -0.2) is 26.7 Å². The van der Waals surface area contributed by atoms with Crippen LogP contribution in [0.5, 0.6) is 0 Å². The second kappa shape index (κ2) is 7.21. The fourth-order valence-corrected chi connectivity index (χ4v) is 3.70. The first kappa shape index (κ1) is 18.9. The molecule has 0 aliphatic rings. The van der Waals surface area contributed by atoms with Crippen LogP contribution in [0.3, 0.4) is 0 Å². The van der Waals surface area contributed by atoms with Gasteiger partial charge in [-0.25, -0.2) is 4.52 Å². The molecule has 3 heterocycles. The number of nitrogen functional groups attached to an aromatic ring is 1. The maximum Gasteiger partial charge on any atom is 0.412 e. The minimum absolute atomic E-state index is 0.0284. The van der Waals surface area contributed by atoms with Gasteiger partial charge in [-0.2, -0.15) is 18.2 Å². The maximum absolute atomic E-state index is 13.5. The number of amides is 1. The van der Waals surface area contributed by atoms with Gasteiger partial charge in [-0.1, -0.05) is 30.3 Å². The molecule has 3 aromatic heterocycles. The molecule has 0 radical (unpaired) electrons. The van der Waals surface area contributed by atoms with Crippen LogP contribution >= 0.6 is 11.3 Å². The third-order valence-electron chi connectivity index (χ3n) is 4.24. The Hall–Kier alpha value is -3.40. The summed E-state index contributed by atoms with van der Waals surface area (Å²) in [6.07, 6.45) is -2.93. The Kier molecular flexibility index (Phi) is 4.71. The molecule has 0 unspecified atom stereocenters. The minimum atomic E-state index is -4.62. The molecule has 1 aromatic carbocycles. The number of hydrogen-bond acceptors (Lipinski definition) is 5. The van der Waals surface area contributed by atoms with Gasteiger partial charge in [0.2, 0.25) is 5.95 Å². The SMILES string of the molecule is Nc1nc2ccc(-c3csc(C(=O)N[C@H](c4ccccc4)C(F)(F)F)c3)cn2n1. The van der Waals surface area contributed by atoms with Gasteiger partial charge in [0.1, 0.15) is 0 Å². The molecule has 10 heteroatoms. The molecule has 3 N–H and O–H groups in total. The molecule has 29 heavy (non-hydrogen) atoms. The van der Waals surface area contributed by atoms with Crippen molar-refractivity contribution in [1.29, 1.82) is 0 Å². The zero-order chi connectivity index (χ0) is 20.6. The van der Waals surface area contributed by atoms with E-state index < -0.39 is 18.1 Å². The van der Waals surface area contributed by atoms with Gasteiger partial charge in [0.25, 0.3) is 5.91 Å². The molecule has 1 amide bonds. The molecule has 1 atom stereocenters. The Morgan fingerprint density at radius 2 is 1.90 bits per heavy atom. The van der Waals surface area contributed by atoms with E-state index in [9.17, 15) is 18.0 Å². The van der Waals surface area contributed by atoms with Gasteiger partial charge in [0.05, 0.1) is 4.88 Å². The second-order valence-corrected chi connectivity index (χ2v) is 7.16. The number of halogens is 3. The summed E-state index contributed by atoms with van der Waals surface area (Å²) in [5, 5.41) is 7.81. The van der Waals surface area contributed by atoms with Gasteiger partial charge in [-0.05, 0) is 34.7 Å². The van der Waals surface area contributed by atoms with Crippen molar-refractivity contribution in [2.75, 3.05) is 5.73 Å². The van der Waals surface area contributed by atoms with Crippen molar-refractivity contribution < 1.29 is 18.0 Å². The van der Waals surface area contributed by atoms with E-state index in [1.54, 1.807) is 35.8 Å². The molecule has 0 aliphatic heterocycles. The normalized spacial score (nSPS) is 12.8. The van der Waals surface area contributed by atoms with Crippen molar-refractivity contribution in [3.63, 3.8) is 0 Å². The van der Waals surface area contributed by atoms with Crippen molar-refractivity contribution >= 4 is 28.8 Å². The number of alkyl halides is 3. The Labute approximate surface area is 166 Å². The quantitative estimate of drug-likeness (QED) is 0.524. The highest BCUT2D eigenvalue weighted by Crippen LogP contribution is 2.33. The molecule has 0 saturated carbocycles. The lowest BCUT2D eigenvalue weighted by atomic mass is 10.1. The number of benzene rings is 1. The second-order valence-electron chi connectivity index (χ2n) is 6.25. The van der Waals surface area contributed by atoms with Crippen LogP contribution in [-0.2, 0) is 0 Å². The number of carbonyl (C=O) groups excluding carboxylic acids is 1. The molecule has 4 aromatic rings. The van der Waals surface area contributed by atoms with Crippen molar-refractivity contribution in [2.45, 2.75) is 12.2 Å². The van der Waals surface area contributed by atoms with Crippen molar-refractivity contribution in [3.05, 3.63) is 70.5 Å². The number of pyridine rings is 1. The Balaban J connectivity index is 1.58. The van der Waals surface area contributed by atoms with E-state index in [4.69, 9.17) is 5.73 Å². The lowest BCUT2D eigenvalue weighted by Crippen LogP contribution is -2.37. The van der Waals surface area contributed by atoms with Crippen LogP contribution in [0.1, 0.15) is 21.3 Å². The van der Waals surface area contributed by atoms with Gasteiger partial charge >= 0.3 is 6.18 Å². The van der Waals surface area contributed by atoms with Crippen LogP contribution in [0.4, 0.5) is 19.1 Å². The summed E-state index contributed by atoms with van der Waals surface area (Å²) in [6, 6.07) is 10.2. The molecule has 0 saturated heterocycles. The number of anilines is 1. The molecule has 0 fully saturated rings. The first-order valence-electron chi connectivity index (χ1n) is 8.44. The summed E-state index contributed by atoms with van der Waals surface area (Å²) in [4.78, 5) is 16.7. The van der Waals surface area contributed by atoms with Gasteiger partial charge in [0, 0.05) is 11.8 Å². The third-order valence-corrected chi connectivity index (χ3v) is 5.17. The van der Waals surface area contributed by atoms with Gasteiger partial charge in [0.15, 0.2) is 11.7 Å². The fraction of sp³-hybridized carbons (Fsp3) is 0.105. The van der Waals surface area contributed by atoms with E-state index in [1.807, 2.05) is 0 Å². The average molecular weight is 417 g/mol. The molecule has 0 spiro atoms. The van der Waals surface area contributed by atoms with Crippen molar-refractivity contribution in [1.82, 2.24) is 19.9 Å². The number of hydrogen-bond donors (Lipinski definition) is 2. The summed E-state index contributed by atoms with van der Waals surface area (Å²) in [6.45, 7) is 0. The molecule has 6 nitrogen and oxygen atoms in total. The van der Waals surface area contributed by atoms with E-state index in [0.717, 1.165) is 16.9 Å². The monoisotopic (exact) mass is 417 g/mol. The Morgan fingerprint density at radius 3 is 2.62 bits per heavy atom. The number of thiophene rings is 1. The summed E-state index contributed by atoms with van der Waals surface area (Å²) in [5.41, 5.74) is 7.51. The number of aromatic nitrogens is 3. The maximum atomic E-state index is 13.5. The van der Waals surface area contributed by atoms with Crippen molar-refractivity contribution in [3.8, 4) is 11.1 Å². The number of carbonyl (C=O) groups is 1. The lowest BCUT2D eigenvalue weighted by Gasteiger charge is -2.21. The van der Waals surface area contributed by atoms with E-state index >= 15 is 0 Å². The van der Waals surface area contributed by atoms with Crippen LogP contribution < -0.4 is 11.1 Å². The number of nitrogens with two attached hydrogens (primary N) is 1. The highest BCUT2D eigenvalue weighted by Gasteiger charge is 2.42. The molecule has 4 rings (SSSR count). The number of fused-ring (bicyclic) bond motifs is 1. The Morgan fingerprint density at radius 1 is 1.14 bits per heavy atom. The summed E-state index contributed by atoms with van der Waals surface area (Å²) in [5.74, 6) is -0.662. The topological polar surface area (TPSA) is 85.3 Å². The average Bonchev–Trinajstić information content (AvgIpc) is 3.31. The zero-order valence-corrected chi connectivity index (χ0v) is 15.5. The molecule has 0 bridgehead atoms. The zero-order valence-electron chi connectivity index (χ0n) is 14.7. The number of rotatable bonds is 4. The first-order chi connectivity index (χ1) is 13.8. The van der Waals surface area contributed by atoms with E-state index in [1.165, 1.54) is 28.8 Å². The van der Waals surface area contributed by atoms with Gasteiger partial charge in [-0.15, -0.1) is 16.4 Å². The Bertz CT molecular complexity index is 1170. The van der Waals surface area contributed by atoms with Crippen LogP contribution in [0.25, 0.3) is 16.8 Å². The number of nitrogens with zero attached hydrogens (tertiary/aromatic N) is 3. The fourth-order valence-electron chi connectivity index (χ4n) is 2.88. The summed E-state index contributed by atoms with van der Waals surface area (Å²) < 4.78 is 41.9. The highest BCUT2D eigenvalue weighted by atomic mass is 32.1. The highest BCUT2D eigenvalue weighted by molar-refractivity contribution is 7.12.